The Balaban J connectivity index is 0.799. The van der Waals surface area contributed by atoms with Gasteiger partial charge in [0.05, 0.1) is 62.4 Å². The van der Waals surface area contributed by atoms with Crippen LogP contribution in [0.3, 0.4) is 0 Å². The van der Waals surface area contributed by atoms with Crippen molar-refractivity contribution in [2.24, 2.45) is 17.3 Å². The molecule has 1 aromatic carbocycles. The lowest BCUT2D eigenvalue weighted by atomic mass is 9.91. The molecule has 12 rings (SSSR count). The summed E-state index contributed by atoms with van der Waals surface area (Å²) in [6.45, 7) is 12.5. The highest BCUT2D eigenvalue weighted by atomic mass is 32.1. The van der Waals surface area contributed by atoms with E-state index in [4.69, 9.17) is 29.2 Å². The van der Waals surface area contributed by atoms with Crippen LogP contribution in [0, 0.1) is 24.2 Å². The number of pyridine rings is 1. The van der Waals surface area contributed by atoms with Gasteiger partial charge >= 0.3 is 24.2 Å². The number of benzene rings is 1. The molecule has 2 bridgehead atoms. The number of carbonyl (C=O) groups excluding carboxylic acids is 2. The van der Waals surface area contributed by atoms with Gasteiger partial charge in [-0.15, -0.1) is 16.4 Å². The average molecular weight is 1190 g/mol. The molecule has 84 heavy (non-hydrogen) atoms. The third kappa shape index (κ3) is 10.9. The largest absolute Gasteiger partial charge is 0.480 e. The Labute approximate surface area is 485 Å². The number of fused-ring (bicyclic) bond motifs is 6. The summed E-state index contributed by atoms with van der Waals surface area (Å²) in [5.41, 5.74) is -1.98. The standard InChI is InChI=1S/C58H71F5N12O8S/c1-31(2)47(51(77)72-27-37(76)22-41(72)52(78)79)73-24-34(68-69-73)11-10-33-15-18-70(19-16-33)29-56(28-57(56,59)60)30-82-53-66-49(71-25-35-12-13-36(26-71)74(35)54(80)83-55(4,5)6)44-38-14-17-64-46(48(38)84-50(44)67-53)43-39-23-65-75(42-9-7-8-20-81-42)40(39)21-32(3)45(43)58(61,62)63/h14,17,21,23-24,31,33,35-37,41-42,47,76H,7-13,15-16,18-20,22,25-30H2,1-6H3,(H,78,79)/t35?,36?,37-,41+,42?,47+,56-/m1/s1. The van der Waals surface area contributed by atoms with Gasteiger partial charge < -0.3 is 39.1 Å². The van der Waals surface area contributed by atoms with Gasteiger partial charge in [-0.25, -0.2) is 27.7 Å². The number of amides is 2. The number of piperazine rings is 1. The lowest BCUT2D eigenvalue weighted by Gasteiger charge is -2.42. The predicted octanol–water partition coefficient (Wildman–Crippen LogP) is 9.45. The molecular weight excluding hydrogens is 1120 g/mol. The van der Waals surface area contributed by atoms with Gasteiger partial charge in [-0.05, 0) is 128 Å². The summed E-state index contributed by atoms with van der Waals surface area (Å²) in [4.78, 5) is 61.3. The Bertz CT molecular complexity index is 3490. The van der Waals surface area contributed by atoms with E-state index in [0.29, 0.717) is 95.8 Å². The normalized spacial score (nSPS) is 25.4. The number of aromatic nitrogens is 8. The number of nitrogens with zero attached hydrogens (tertiary/aromatic N) is 12. The number of alkyl halides is 5. The second-order valence-corrected chi connectivity index (χ2v) is 26.4. The van der Waals surface area contributed by atoms with Crippen molar-refractivity contribution in [3.63, 3.8) is 0 Å². The van der Waals surface area contributed by atoms with Crippen molar-refractivity contribution in [1.29, 1.82) is 0 Å². The smallest absolute Gasteiger partial charge is 0.417 e. The van der Waals surface area contributed by atoms with E-state index < -0.39 is 84.1 Å². The topological polar surface area (TPSA) is 220 Å². The van der Waals surface area contributed by atoms with Crippen LogP contribution in [0.1, 0.15) is 128 Å². The molecule has 3 unspecified atom stereocenters. The number of aliphatic hydroxyl groups is 1. The molecule has 5 aliphatic heterocycles. The van der Waals surface area contributed by atoms with Crippen LogP contribution < -0.4 is 9.64 Å². The number of likely N-dealkylation sites (tertiary alicyclic amines) is 2. The maximum atomic E-state index is 15.9. The maximum absolute atomic E-state index is 15.9. The molecule has 10 heterocycles. The molecule has 6 fully saturated rings. The molecule has 6 aromatic rings. The van der Waals surface area contributed by atoms with Gasteiger partial charge in [-0.1, -0.05) is 19.1 Å². The molecule has 0 radical (unpaired) electrons. The Morgan fingerprint density at radius 2 is 1.73 bits per heavy atom. The summed E-state index contributed by atoms with van der Waals surface area (Å²) in [5, 5.41) is 34.5. The Morgan fingerprint density at radius 1 is 0.988 bits per heavy atom. The van der Waals surface area contributed by atoms with Crippen molar-refractivity contribution in [3.8, 4) is 17.3 Å². The summed E-state index contributed by atoms with van der Waals surface area (Å²) >= 11 is 1.13. The second kappa shape index (κ2) is 21.8. The minimum absolute atomic E-state index is 0.00109. The molecule has 6 aliphatic rings. The van der Waals surface area contributed by atoms with Crippen molar-refractivity contribution in [2.75, 3.05) is 57.4 Å². The molecule has 2 N–H and O–H groups in total. The van der Waals surface area contributed by atoms with E-state index in [1.807, 2.05) is 39.5 Å². The lowest BCUT2D eigenvalue weighted by molar-refractivity contribution is -0.150. The number of hydrogen-bond acceptors (Lipinski definition) is 16. The van der Waals surface area contributed by atoms with Gasteiger partial charge in [0.25, 0.3) is 5.92 Å². The third-order valence-electron chi connectivity index (χ3n) is 17.9. The minimum atomic E-state index is -4.78. The van der Waals surface area contributed by atoms with E-state index in [9.17, 15) is 24.6 Å². The van der Waals surface area contributed by atoms with Gasteiger partial charge in [0.15, 0.2) is 6.23 Å². The third-order valence-corrected chi connectivity index (χ3v) is 19.1. The summed E-state index contributed by atoms with van der Waals surface area (Å²) < 4.78 is 100.0. The number of hydrogen-bond donors (Lipinski definition) is 2. The first-order chi connectivity index (χ1) is 39.9. The number of carboxylic acid groups (broad SMARTS) is 1. The number of carbonyl (C=O) groups is 3. The first-order valence-corrected chi connectivity index (χ1v) is 30.1. The monoisotopic (exact) mass is 1190 g/mol. The number of ether oxygens (including phenoxy) is 3. The van der Waals surface area contributed by atoms with E-state index >= 15 is 22.0 Å². The SMILES string of the molecule is Cc1cc2c(cnn2C2CCCCO2)c(-c2nccc3c2sc2nc(OC[C@]4(CN5CCC(CCc6cn([C@H](C(=O)N7C[C@H](O)C[C@H]7C(=O)O)C(C)C)nn6)CC5)CC4(F)F)nc(N4CC5CCC(C4)N5C(=O)OC(C)(C)C)c23)c1C(F)(F)F. The summed E-state index contributed by atoms with van der Waals surface area (Å²) in [7, 11) is 0. The lowest BCUT2D eigenvalue weighted by Crippen LogP contribution is -2.57. The van der Waals surface area contributed by atoms with E-state index in [-0.39, 0.29) is 71.6 Å². The van der Waals surface area contributed by atoms with Crippen molar-refractivity contribution in [3.05, 3.63) is 47.5 Å². The van der Waals surface area contributed by atoms with Crippen molar-refractivity contribution >= 4 is 66.3 Å². The molecule has 26 heteroatoms. The minimum Gasteiger partial charge on any atom is -0.480 e. The van der Waals surface area contributed by atoms with E-state index in [0.717, 1.165) is 43.4 Å². The Morgan fingerprint density at radius 3 is 2.38 bits per heavy atom. The van der Waals surface area contributed by atoms with Crippen LogP contribution in [0.15, 0.2) is 30.7 Å². The van der Waals surface area contributed by atoms with Crippen LogP contribution in [0.4, 0.5) is 32.6 Å². The highest BCUT2D eigenvalue weighted by molar-refractivity contribution is 7.26. The highest BCUT2D eigenvalue weighted by Gasteiger charge is 2.72. The average Bonchev–Trinajstić information content (AvgIpc) is 1.78. The molecule has 0 spiro atoms. The molecule has 452 valence electrons. The number of thiophene rings is 1. The quantitative estimate of drug-likeness (QED) is 0.0915. The predicted molar refractivity (Wildman–Crippen MR) is 300 cm³/mol. The number of aliphatic carboxylic acids is 1. The number of aliphatic hydroxyl groups excluding tert-OH is 1. The number of carboxylic acids is 1. The van der Waals surface area contributed by atoms with Crippen LogP contribution in [0.2, 0.25) is 0 Å². The zero-order valence-electron chi connectivity index (χ0n) is 47.9. The summed E-state index contributed by atoms with van der Waals surface area (Å²) in [6.07, 6.45) is 4.28. The molecule has 20 nitrogen and oxygen atoms in total. The molecular formula is C58H71F5N12O8S. The molecule has 5 aromatic heterocycles. The van der Waals surface area contributed by atoms with Gasteiger partial charge in [0.1, 0.15) is 34.9 Å². The van der Waals surface area contributed by atoms with Crippen LogP contribution in [0.25, 0.3) is 42.5 Å². The highest BCUT2D eigenvalue weighted by Crippen LogP contribution is 2.61. The van der Waals surface area contributed by atoms with Crippen LogP contribution in [-0.2, 0) is 31.7 Å². The maximum Gasteiger partial charge on any atom is 0.417 e. The number of piperidine rings is 1. The molecule has 1 saturated carbocycles. The second-order valence-electron chi connectivity index (χ2n) is 25.4. The van der Waals surface area contributed by atoms with Crippen LogP contribution >= 0.6 is 11.3 Å². The fraction of sp³-hybridized carbons (Fsp3) is 0.638. The zero-order chi connectivity index (χ0) is 59.4. The van der Waals surface area contributed by atoms with E-state index in [2.05, 4.69) is 20.3 Å². The van der Waals surface area contributed by atoms with Crippen LogP contribution in [-0.4, -0.2) is 171 Å². The van der Waals surface area contributed by atoms with E-state index in [1.54, 1.807) is 21.8 Å². The zero-order valence-corrected chi connectivity index (χ0v) is 48.8. The Hall–Kier alpha value is -6.38. The number of anilines is 1. The Kier molecular flexibility index (Phi) is 15.1. The fourth-order valence-electron chi connectivity index (χ4n) is 13.7. The number of aryl methyl sites for hydroxylation is 2. The van der Waals surface area contributed by atoms with Gasteiger partial charge in [0.2, 0.25) is 5.91 Å². The van der Waals surface area contributed by atoms with E-state index in [1.165, 1.54) is 35.0 Å². The first-order valence-electron chi connectivity index (χ1n) is 29.3. The molecule has 5 saturated heterocycles. The van der Waals surface area contributed by atoms with Gasteiger partial charge in [-0.2, -0.15) is 28.2 Å². The number of β-amino-alcohol motifs (C(OH)–C–C–N with tert-alkyl or cyclic N) is 1. The number of halogens is 5. The van der Waals surface area contributed by atoms with Crippen molar-refractivity contribution < 1.29 is 60.8 Å². The van der Waals surface area contributed by atoms with Crippen molar-refractivity contribution in [2.45, 2.75) is 166 Å². The van der Waals surface area contributed by atoms with Crippen molar-refractivity contribution in [1.82, 2.24) is 54.4 Å². The summed E-state index contributed by atoms with van der Waals surface area (Å²) in [6, 6.07) is 0.653. The molecule has 7 atom stereocenters. The van der Waals surface area contributed by atoms with Gasteiger partial charge in [0, 0.05) is 74.4 Å². The number of rotatable bonds is 15. The van der Waals surface area contributed by atoms with Crippen LogP contribution in [0.5, 0.6) is 6.01 Å². The molecule has 1 aliphatic carbocycles. The van der Waals surface area contributed by atoms with Gasteiger partial charge in [-0.3, -0.25) is 14.7 Å². The fourth-order valence-corrected chi connectivity index (χ4v) is 14.9. The molecule has 2 amide bonds. The first kappa shape index (κ1) is 58.0. The summed E-state index contributed by atoms with van der Waals surface area (Å²) in [5.74, 6) is -4.21.